The lowest BCUT2D eigenvalue weighted by Crippen LogP contribution is -2.43. The van der Waals surface area contributed by atoms with Gasteiger partial charge in [0.2, 0.25) is 0 Å². The molecule has 1 atom stereocenters. The minimum absolute atomic E-state index is 0.443. The van der Waals surface area contributed by atoms with Gasteiger partial charge in [-0.25, -0.2) is 0 Å². The Morgan fingerprint density at radius 3 is 1.74 bits per heavy atom. The Balaban J connectivity index is 1.93. The van der Waals surface area contributed by atoms with E-state index in [4.69, 9.17) is 9.47 Å². The molecule has 0 amide bonds. The summed E-state index contributed by atoms with van der Waals surface area (Å²) in [5.41, 5.74) is 1.74. The van der Waals surface area contributed by atoms with Crippen molar-refractivity contribution >= 4 is 22.6 Å². The average Bonchev–Trinajstić information content (AvgIpc) is 3.11. The first-order chi connectivity index (χ1) is 11.1. The van der Waals surface area contributed by atoms with Gasteiger partial charge < -0.3 is 9.47 Å². The predicted molar refractivity (Wildman–Crippen MR) is 99.5 cm³/mol. The minimum atomic E-state index is -0.583. The van der Waals surface area contributed by atoms with E-state index in [1.165, 1.54) is 12.8 Å². The van der Waals surface area contributed by atoms with Gasteiger partial charge in [-0.3, -0.25) is 0 Å². The summed E-state index contributed by atoms with van der Waals surface area (Å²) >= 11 is 2.44. The number of halogens is 1. The Kier molecular flexibility index (Phi) is 3.78. The second-order valence-corrected chi connectivity index (χ2v) is 8.71. The van der Waals surface area contributed by atoms with E-state index < -0.39 is 15.0 Å². The molecule has 0 N–H and O–H groups in total. The Hall–Kier alpha value is -0.910. The first kappa shape index (κ1) is 15.6. The van der Waals surface area contributed by atoms with Crippen LogP contribution in [0.15, 0.2) is 60.7 Å². The van der Waals surface area contributed by atoms with Crippen LogP contribution in [0.5, 0.6) is 0 Å². The number of hydrogen-bond donors (Lipinski definition) is 0. The summed E-state index contributed by atoms with van der Waals surface area (Å²) in [6.45, 7) is 2.15. The van der Waals surface area contributed by atoms with Gasteiger partial charge in [0.25, 0.3) is 0 Å². The van der Waals surface area contributed by atoms with Gasteiger partial charge in [-0.1, -0.05) is 60.7 Å². The van der Waals surface area contributed by atoms with Gasteiger partial charge in [-0.15, -0.1) is 0 Å². The SMILES string of the molecule is CC1(I)OC2(CCCC2)OC1(c1ccccc1)c1ccccc1. The first-order valence-corrected chi connectivity index (χ1v) is 9.36. The van der Waals surface area contributed by atoms with Crippen LogP contribution in [0, 0.1) is 0 Å². The van der Waals surface area contributed by atoms with Crippen molar-refractivity contribution in [3.63, 3.8) is 0 Å². The molecule has 120 valence electrons. The average molecular weight is 420 g/mol. The topological polar surface area (TPSA) is 18.5 Å². The fraction of sp³-hybridized carbons (Fsp3) is 0.400. The van der Waals surface area contributed by atoms with E-state index in [1.54, 1.807) is 0 Å². The van der Waals surface area contributed by atoms with Crippen LogP contribution in [0.2, 0.25) is 0 Å². The van der Waals surface area contributed by atoms with Gasteiger partial charge in [0, 0.05) is 12.8 Å². The lowest BCUT2D eigenvalue weighted by Gasteiger charge is -2.37. The minimum Gasteiger partial charge on any atom is -0.330 e. The van der Waals surface area contributed by atoms with Crippen LogP contribution in [0.3, 0.4) is 0 Å². The van der Waals surface area contributed by atoms with Gasteiger partial charge in [0.15, 0.2) is 15.0 Å². The third kappa shape index (κ3) is 2.36. The largest absolute Gasteiger partial charge is 0.330 e. The van der Waals surface area contributed by atoms with E-state index >= 15 is 0 Å². The molecule has 1 heterocycles. The zero-order valence-corrected chi connectivity index (χ0v) is 15.5. The predicted octanol–water partition coefficient (Wildman–Crippen LogP) is 5.40. The Bertz CT molecular complexity index is 636. The van der Waals surface area contributed by atoms with Crippen LogP contribution in [-0.2, 0) is 15.1 Å². The molecule has 2 aliphatic rings. The number of ether oxygens (including phenoxy) is 2. The van der Waals surface area contributed by atoms with Gasteiger partial charge >= 0.3 is 0 Å². The monoisotopic (exact) mass is 420 g/mol. The Labute approximate surface area is 151 Å². The van der Waals surface area contributed by atoms with Crippen LogP contribution in [-0.4, -0.2) is 9.39 Å². The fourth-order valence-electron chi connectivity index (χ4n) is 4.08. The Morgan fingerprint density at radius 2 is 1.26 bits per heavy atom. The van der Waals surface area contributed by atoms with Crippen LogP contribution in [0.25, 0.3) is 0 Å². The molecule has 23 heavy (non-hydrogen) atoms. The van der Waals surface area contributed by atoms with Crippen LogP contribution >= 0.6 is 22.6 Å². The summed E-state index contributed by atoms with van der Waals surface area (Å²) in [4.78, 5) is 0. The van der Waals surface area contributed by atoms with E-state index in [1.807, 2.05) is 12.1 Å². The highest BCUT2D eigenvalue weighted by molar-refractivity contribution is 14.1. The van der Waals surface area contributed by atoms with Gasteiger partial charge in [-0.2, -0.15) is 0 Å². The molecule has 3 heteroatoms. The van der Waals surface area contributed by atoms with E-state index in [0.29, 0.717) is 0 Å². The highest BCUT2D eigenvalue weighted by Crippen LogP contribution is 2.60. The van der Waals surface area contributed by atoms with Crippen LogP contribution in [0.1, 0.15) is 43.7 Å². The summed E-state index contributed by atoms with van der Waals surface area (Å²) in [6.07, 6.45) is 4.30. The molecule has 1 saturated heterocycles. The maximum absolute atomic E-state index is 6.86. The maximum Gasteiger partial charge on any atom is 0.172 e. The fourth-order valence-corrected chi connectivity index (χ4v) is 5.21. The van der Waals surface area contributed by atoms with Crippen molar-refractivity contribution in [1.82, 2.24) is 0 Å². The molecule has 1 aliphatic heterocycles. The van der Waals surface area contributed by atoms with E-state index in [9.17, 15) is 0 Å². The number of benzene rings is 2. The van der Waals surface area contributed by atoms with Crippen molar-refractivity contribution in [1.29, 1.82) is 0 Å². The molecule has 4 rings (SSSR count). The molecule has 2 fully saturated rings. The molecule has 1 saturated carbocycles. The van der Waals surface area contributed by atoms with Gasteiger partial charge in [0.05, 0.1) is 0 Å². The zero-order valence-electron chi connectivity index (χ0n) is 13.3. The smallest absolute Gasteiger partial charge is 0.172 e. The zero-order chi connectivity index (χ0) is 16.0. The maximum atomic E-state index is 6.86. The van der Waals surface area contributed by atoms with Crippen molar-refractivity contribution in [2.75, 3.05) is 0 Å². The molecule has 0 radical (unpaired) electrons. The second kappa shape index (κ2) is 5.57. The molecule has 1 aliphatic carbocycles. The third-order valence-electron chi connectivity index (χ3n) is 5.07. The van der Waals surface area contributed by atoms with Crippen molar-refractivity contribution < 1.29 is 9.47 Å². The third-order valence-corrected chi connectivity index (χ3v) is 6.05. The molecular weight excluding hydrogens is 399 g/mol. The van der Waals surface area contributed by atoms with E-state index in [0.717, 1.165) is 24.0 Å². The summed E-state index contributed by atoms with van der Waals surface area (Å²) in [7, 11) is 0. The van der Waals surface area contributed by atoms with E-state index in [2.05, 4.69) is 78.0 Å². The van der Waals surface area contributed by atoms with Gasteiger partial charge in [0.1, 0.15) is 0 Å². The lowest BCUT2D eigenvalue weighted by atomic mass is 9.82. The molecule has 2 aromatic carbocycles. The van der Waals surface area contributed by atoms with Crippen molar-refractivity contribution in [2.24, 2.45) is 0 Å². The molecule has 1 spiro atoms. The standard InChI is InChI=1S/C20H21IO2/c1-18(21)20(16-10-4-2-5-11-16,17-12-6-3-7-13-17)23-19(22-18)14-8-9-15-19/h2-7,10-13H,8-9,14-15H2,1H3. The number of rotatable bonds is 2. The molecular formula is C20H21IO2. The normalized spacial score (nSPS) is 28.3. The molecule has 2 nitrogen and oxygen atoms in total. The Morgan fingerprint density at radius 1 is 0.783 bits per heavy atom. The first-order valence-electron chi connectivity index (χ1n) is 8.28. The summed E-state index contributed by atoms with van der Waals surface area (Å²) < 4.78 is 13.0. The van der Waals surface area contributed by atoms with Crippen molar-refractivity contribution in [2.45, 2.75) is 47.6 Å². The summed E-state index contributed by atoms with van der Waals surface area (Å²) in [5, 5.41) is 0. The summed E-state index contributed by atoms with van der Waals surface area (Å²) in [6, 6.07) is 21.0. The number of alkyl halides is 1. The quantitative estimate of drug-likeness (QED) is 0.479. The van der Waals surface area contributed by atoms with Crippen LogP contribution in [0.4, 0.5) is 0 Å². The van der Waals surface area contributed by atoms with Crippen LogP contribution < -0.4 is 0 Å². The highest BCUT2D eigenvalue weighted by Gasteiger charge is 2.65. The molecule has 0 bridgehead atoms. The highest BCUT2D eigenvalue weighted by atomic mass is 127. The molecule has 0 aromatic heterocycles. The van der Waals surface area contributed by atoms with Gasteiger partial charge in [-0.05, 0) is 53.5 Å². The number of hydrogen-bond acceptors (Lipinski definition) is 2. The summed E-state index contributed by atoms with van der Waals surface area (Å²) in [5.74, 6) is -0.443. The second-order valence-electron chi connectivity index (χ2n) is 6.65. The van der Waals surface area contributed by atoms with E-state index in [-0.39, 0.29) is 0 Å². The van der Waals surface area contributed by atoms with Crippen molar-refractivity contribution in [3.05, 3.63) is 71.8 Å². The van der Waals surface area contributed by atoms with Crippen molar-refractivity contribution in [3.8, 4) is 0 Å². The molecule has 1 unspecified atom stereocenters. The molecule has 2 aromatic rings. The lowest BCUT2D eigenvalue weighted by molar-refractivity contribution is -0.180.